The second-order valence-electron chi connectivity index (χ2n) is 2.55. The number of ether oxygens (including phenoxy) is 1. The van der Waals surface area contributed by atoms with Crippen LogP contribution in [0.3, 0.4) is 0 Å². The fraction of sp³-hybridized carbons (Fsp3) is 0.750. The van der Waals surface area contributed by atoms with E-state index >= 15 is 0 Å². The van der Waals surface area contributed by atoms with Gasteiger partial charge in [0.05, 0.1) is 6.61 Å². The molecule has 0 saturated heterocycles. The Hall–Kier alpha value is -1.06. The molecule has 4 heteroatoms. The van der Waals surface area contributed by atoms with Crippen LogP contribution in [-0.2, 0) is 14.3 Å². The van der Waals surface area contributed by atoms with E-state index in [1.807, 2.05) is 0 Å². The summed E-state index contributed by atoms with van der Waals surface area (Å²) in [6, 6.07) is 0. The van der Waals surface area contributed by atoms with E-state index in [4.69, 9.17) is 5.73 Å². The average Bonchev–Trinajstić information content (AvgIpc) is 2.02. The zero-order chi connectivity index (χ0) is 9.23. The molecule has 0 aromatic rings. The van der Waals surface area contributed by atoms with Crippen molar-refractivity contribution in [3.8, 4) is 0 Å². The van der Waals surface area contributed by atoms with Gasteiger partial charge in [-0.05, 0) is 12.8 Å². The van der Waals surface area contributed by atoms with Gasteiger partial charge in [0.25, 0.3) is 6.47 Å². The van der Waals surface area contributed by atoms with Gasteiger partial charge in [-0.1, -0.05) is 12.8 Å². The Morgan fingerprint density at radius 1 is 1.25 bits per heavy atom. The van der Waals surface area contributed by atoms with Crippen LogP contribution in [0.4, 0.5) is 0 Å². The van der Waals surface area contributed by atoms with Gasteiger partial charge in [-0.2, -0.15) is 0 Å². The second-order valence-corrected chi connectivity index (χ2v) is 2.55. The van der Waals surface area contributed by atoms with Crippen molar-refractivity contribution < 1.29 is 14.3 Å². The van der Waals surface area contributed by atoms with E-state index in [9.17, 15) is 9.59 Å². The highest BCUT2D eigenvalue weighted by atomic mass is 16.5. The summed E-state index contributed by atoms with van der Waals surface area (Å²) >= 11 is 0. The van der Waals surface area contributed by atoms with Gasteiger partial charge in [-0.15, -0.1) is 0 Å². The molecule has 0 aliphatic carbocycles. The molecule has 4 nitrogen and oxygen atoms in total. The molecule has 0 aromatic carbocycles. The van der Waals surface area contributed by atoms with Crippen molar-refractivity contribution in [1.82, 2.24) is 5.73 Å². The van der Waals surface area contributed by atoms with Crippen molar-refractivity contribution in [1.29, 1.82) is 0 Å². The van der Waals surface area contributed by atoms with Crippen LogP contribution in [0.25, 0.3) is 0 Å². The molecule has 0 aliphatic rings. The number of hydrogen-bond donors (Lipinski definition) is 0. The smallest absolute Gasteiger partial charge is 0.293 e. The lowest BCUT2D eigenvalue weighted by molar-refractivity contribution is -0.128. The molecule has 1 amide bonds. The SMILES string of the molecule is [NH]C(=O)CCCCCCOC=O. The van der Waals surface area contributed by atoms with E-state index in [2.05, 4.69) is 4.74 Å². The van der Waals surface area contributed by atoms with Crippen LogP contribution in [-0.4, -0.2) is 19.0 Å². The van der Waals surface area contributed by atoms with E-state index < -0.39 is 5.91 Å². The van der Waals surface area contributed by atoms with E-state index in [1.165, 1.54) is 0 Å². The summed E-state index contributed by atoms with van der Waals surface area (Å²) in [7, 11) is 0. The van der Waals surface area contributed by atoms with E-state index in [0.29, 0.717) is 19.5 Å². The van der Waals surface area contributed by atoms with Crippen molar-refractivity contribution in [3.05, 3.63) is 0 Å². The number of rotatable bonds is 8. The Bertz CT molecular complexity index is 136. The number of carbonyl (C=O) groups excluding carboxylic acids is 2. The maximum Gasteiger partial charge on any atom is 0.293 e. The third kappa shape index (κ3) is 8.94. The standard InChI is InChI=1S/C8H14NO3/c9-8(11)5-3-1-2-4-6-12-7-10/h7,9H,1-6H2. The van der Waals surface area contributed by atoms with Gasteiger partial charge in [0, 0.05) is 6.42 Å². The Labute approximate surface area is 72.1 Å². The molecular formula is C8H14NO3. The summed E-state index contributed by atoms with van der Waals surface area (Å²) in [6.07, 6.45) is 3.82. The van der Waals surface area contributed by atoms with Gasteiger partial charge >= 0.3 is 0 Å². The Morgan fingerprint density at radius 2 is 1.92 bits per heavy atom. The molecule has 0 bridgehead atoms. The van der Waals surface area contributed by atoms with Gasteiger partial charge in [-0.3, -0.25) is 15.3 Å². The van der Waals surface area contributed by atoms with Crippen molar-refractivity contribution in [2.75, 3.05) is 6.61 Å². The molecule has 0 heterocycles. The molecular weight excluding hydrogens is 158 g/mol. The van der Waals surface area contributed by atoms with Gasteiger partial charge in [0.2, 0.25) is 5.91 Å². The molecule has 0 aliphatic heterocycles. The topological polar surface area (TPSA) is 67.2 Å². The molecule has 0 unspecified atom stereocenters. The molecule has 69 valence electrons. The van der Waals surface area contributed by atoms with Gasteiger partial charge in [0.1, 0.15) is 0 Å². The maximum atomic E-state index is 10.2. The number of nitrogens with one attached hydrogen (secondary N) is 1. The predicted octanol–water partition coefficient (Wildman–Crippen LogP) is 0.919. The molecule has 0 saturated carbocycles. The summed E-state index contributed by atoms with van der Waals surface area (Å²) < 4.78 is 4.48. The van der Waals surface area contributed by atoms with Crippen LogP contribution in [0, 0.1) is 0 Å². The first-order chi connectivity index (χ1) is 5.77. The highest BCUT2D eigenvalue weighted by Crippen LogP contribution is 2.02. The Morgan fingerprint density at radius 3 is 2.50 bits per heavy atom. The van der Waals surface area contributed by atoms with Crippen LogP contribution >= 0.6 is 0 Å². The molecule has 0 fully saturated rings. The summed E-state index contributed by atoms with van der Waals surface area (Å²) in [5.74, 6) is -0.501. The number of carbonyl (C=O) groups is 2. The van der Waals surface area contributed by atoms with Gasteiger partial charge in [-0.25, -0.2) is 0 Å². The first-order valence-corrected chi connectivity index (χ1v) is 4.07. The molecule has 0 aromatic heterocycles. The minimum atomic E-state index is -0.501. The van der Waals surface area contributed by atoms with Crippen molar-refractivity contribution >= 4 is 12.4 Å². The van der Waals surface area contributed by atoms with Crippen molar-refractivity contribution in [3.63, 3.8) is 0 Å². The highest BCUT2D eigenvalue weighted by molar-refractivity contribution is 5.72. The third-order valence-corrected chi connectivity index (χ3v) is 1.48. The normalized spacial score (nSPS) is 9.33. The lowest BCUT2D eigenvalue weighted by Crippen LogP contribution is -1.97. The van der Waals surface area contributed by atoms with Crippen LogP contribution < -0.4 is 5.73 Å². The summed E-state index contributed by atoms with van der Waals surface area (Å²) in [5, 5.41) is 0. The predicted molar refractivity (Wildman–Crippen MR) is 43.2 cm³/mol. The summed E-state index contributed by atoms with van der Waals surface area (Å²) in [5.41, 5.74) is 6.61. The molecule has 0 rings (SSSR count). The molecule has 0 atom stereocenters. The summed E-state index contributed by atoms with van der Waals surface area (Å²) in [6.45, 7) is 0.894. The lowest BCUT2D eigenvalue weighted by Gasteiger charge is -1.98. The monoisotopic (exact) mass is 172 g/mol. The minimum Gasteiger partial charge on any atom is -0.468 e. The molecule has 1 radical (unpaired) electrons. The quantitative estimate of drug-likeness (QED) is 0.404. The minimum absolute atomic E-state index is 0.342. The van der Waals surface area contributed by atoms with E-state index in [-0.39, 0.29) is 0 Å². The maximum absolute atomic E-state index is 10.2. The number of amides is 1. The number of hydrogen-bond acceptors (Lipinski definition) is 3. The highest BCUT2D eigenvalue weighted by Gasteiger charge is 1.94. The number of unbranched alkanes of at least 4 members (excludes halogenated alkanes) is 3. The Balaban J connectivity index is 2.90. The molecule has 12 heavy (non-hydrogen) atoms. The zero-order valence-electron chi connectivity index (χ0n) is 7.04. The third-order valence-electron chi connectivity index (χ3n) is 1.48. The summed E-state index contributed by atoms with van der Waals surface area (Å²) in [4.78, 5) is 19.9. The largest absolute Gasteiger partial charge is 0.468 e. The fourth-order valence-electron chi connectivity index (χ4n) is 0.873. The first-order valence-electron chi connectivity index (χ1n) is 4.07. The fourth-order valence-corrected chi connectivity index (χ4v) is 0.873. The lowest BCUT2D eigenvalue weighted by atomic mass is 10.1. The van der Waals surface area contributed by atoms with Crippen LogP contribution in [0.15, 0.2) is 0 Å². The van der Waals surface area contributed by atoms with E-state index in [1.54, 1.807) is 0 Å². The first kappa shape index (κ1) is 10.9. The molecule has 0 spiro atoms. The van der Waals surface area contributed by atoms with Gasteiger partial charge < -0.3 is 4.74 Å². The zero-order valence-corrected chi connectivity index (χ0v) is 7.04. The van der Waals surface area contributed by atoms with Crippen molar-refractivity contribution in [2.45, 2.75) is 32.1 Å². The average molecular weight is 172 g/mol. The van der Waals surface area contributed by atoms with Crippen LogP contribution in [0.5, 0.6) is 0 Å². The van der Waals surface area contributed by atoms with Gasteiger partial charge in [0.15, 0.2) is 0 Å². The van der Waals surface area contributed by atoms with E-state index in [0.717, 1.165) is 25.7 Å². The Kier molecular flexibility index (Phi) is 7.33. The second kappa shape index (κ2) is 8.04. The van der Waals surface area contributed by atoms with Crippen molar-refractivity contribution in [2.24, 2.45) is 0 Å². The molecule has 1 N–H and O–H groups in total. The van der Waals surface area contributed by atoms with Crippen LogP contribution in [0.1, 0.15) is 32.1 Å². The van der Waals surface area contributed by atoms with Crippen LogP contribution in [0.2, 0.25) is 0 Å².